The predicted molar refractivity (Wildman–Crippen MR) is 93.8 cm³/mol. The third kappa shape index (κ3) is 3.57. The van der Waals surface area contributed by atoms with E-state index >= 15 is 0 Å². The van der Waals surface area contributed by atoms with Crippen molar-refractivity contribution < 1.29 is 4.79 Å². The van der Waals surface area contributed by atoms with E-state index in [4.69, 9.17) is 0 Å². The highest BCUT2D eigenvalue weighted by Crippen LogP contribution is 2.28. The van der Waals surface area contributed by atoms with E-state index in [0.29, 0.717) is 10.8 Å². The van der Waals surface area contributed by atoms with Crippen LogP contribution in [-0.4, -0.2) is 21.1 Å². The van der Waals surface area contributed by atoms with E-state index in [1.54, 1.807) is 11.3 Å². The van der Waals surface area contributed by atoms with Crippen molar-refractivity contribution in [2.75, 3.05) is 5.32 Å². The van der Waals surface area contributed by atoms with Gasteiger partial charge in [0.2, 0.25) is 0 Å². The van der Waals surface area contributed by atoms with Gasteiger partial charge in [-0.25, -0.2) is 4.98 Å². The maximum absolute atomic E-state index is 12.4. The molecule has 0 aliphatic heterocycles. The Kier molecular flexibility index (Phi) is 5.74. The van der Waals surface area contributed by atoms with Gasteiger partial charge in [-0.3, -0.25) is 15.2 Å². The Hall–Kier alpha value is -1.21. The van der Waals surface area contributed by atoms with Gasteiger partial charge in [0, 0.05) is 4.88 Å². The van der Waals surface area contributed by atoms with Gasteiger partial charge in [0.05, 0.1) is 15.9 Å². The number of anilines is 1. The molecule has 0 aromatic carbocycles. The second-order valence-corrected chi connectivity index (χ2v) is 7.28. The molecule has 0 saturated carbocycles. The number of aromatic amines is 1. The van der Waals surface area contributed by atoms with Gasteiger partial charge in [-0.15, -0.1) is 11.3 Å². The van der Waals surface area contributed by atoms with Gasteiger partial charge < -0.3 is 0 Å². The van der Waals surface area contributed by atoms with Gasteiger partial charge in [-0.1, -0.05) is 34.1 Å². The third-order valence-electron chi connectivity index (χ3n) is 3.33. The van der Waals surface area contributed by atoms with Gasteiger partial charge in [0.15, 0.2) is 10.8 Å². The summed E-state index contributed by atoms with van der Waals surface area (Å²) in [5.74, 6) is 0.0283. The molecule has 0 aliphatic rings. The average molecular weight is 385 g/mol. The summed E-state index contributed by atoms with van der Waals surface area (Å²) in [6.45, 7) is 8.33. The largest absolute Gasteiger partial charge is 0.296 e. The number of carbonyl (C=O) groups excluding carboxylic acids is 1. The molecule has 2 aromatic rings. The SMILES string of the molecule is CCCc1nc(NC(=O)c2n[nH]c(C(C)C)c2Br)sc1CC. The fraction of sp³-hybridized carbons (Fsp3) is 0.533. The zero-order valence-electron chi connectivity index (χ0n) is 13.3. The van der Waals surface area contributed by atoms with Crippen LogP contribution in [0.1, 0.15) is 66.8 Å². The van der Waals surface area contributed by atoms with Crippen LogP contribution < -0.4 is 5.32 Å². The number of aryl methyl sites for hydroxylation is 2. The highest BCUT2D eigenvalue weighted by molar-refractivity contribution is 9.10. The molecule has 0 bridgehead atoms. The zero-order chi connectivity index (χ0) is 16.3. The van der Waals surface area contributed by atoms with E-state index in [9.17, 15) is 4.79 Å². The number of thiazole rings is 1. The van der Waals surface area contributed by atoms with Crippen molar-refractivity contribution in [3.05, 3.63) is 26.4 Å². The van der Waals surface area contributed by atoms with Gasteiger partial charge >= 0.3 is 0 Å². The van der Waals surface area contributed by atoms with Crippen molar-refractivity contribution in [1.29, 1.82) is 0 Å². The van der Waals surface area contributed by atoms with Crippen LogP contribution in [0.15, 0.2) is 4.47 Å². The lowest BCUT2D eigenvalue weighted by Gasteiger charge is -2.01. The molecule has 120 valence electrons. The van der Waals surface area contributed by atoms with Gasteiger partial charge in [0.1, 0.15) is 0 Å². The zero-order valence-corrected chi connectivity index (χ0v) is 15.7. The van der Waals surface area contributed by atoms with Crippen LogP contribution in [0.5, 0.6) is 0 Å². The van der Waals surface area contributed by atoms with Gasteiger partial charge in [-0.05, 0) is 34.7 Å². The second-order valence-electron chi connectivity index (χ2n) is 5.40. The summed E-state index contributed by atoms with van der Waals surface area (Å²) in [5.41, 5.74) is 2.38. The van der Waals surface area contributed by atoms with Crippen molar-refractivity contribution in [3.8, 4) is 0 Å². The third-order valence-corrected chi connectivity index (χ3v) is 5.29. The van der Waals surface area contributed by atoms with Crippen LogP contribution in [-0.2, 0) is 12.8 Å². The smallest absolute Gasteiger partial charge is 0.279 e. The summed E-state index contributed by atoms with van der Waals surface area (Å²) < 4.78 is 0.723. The molecule has 7 heteroatoms. The number of H-pyrrole nitrogens is 1. The van der Waals surface area contributed by atoms with Crippen LogP contribution in [0.4, 0.5) is 5.13 Å². The number of carbonyl (C=O) groups is 1. The van der Waals surface area contributed by atoms with Crippen LogP contribution in [0.25, 0.3) is 0 Å². The van der Waals surface area contributed by atoms with Crippen molar-refractivity contribution in [2.45, 2.75) is 52.9 Å². The molecule has 2 heterocycles. The first-order valence-electron chi connectivity index (χ1n) is 7.51. The molecule has 0 fully saturated rings. The molecular formula is C15H21BrN4OS. The van der Waals surface area contributed by atoms with Crippen molar-refractivity contribution in [3.63, 3.8) is 0 Å². The molecule has 2 aromatic heterocycles. The molecule has 2 rings (SSSR count). The highest BCUT2D eigenvalue weighted by Gasteiger charge is 2.20. The maximum atomic E-state index is 12.4. The Morgan fingerprint density at radius 3 is 2.68 bits per heavy atom. The molecular weight excluding hydrogens is 364 g/mol. The molecule has 0 radical (unpaired) electrons. The first-order chi connectivity index (χ1) is 10.5. The fourth-order valence-electron chi connectivity index (χ4n) is 2.18. The molecule has 0 unspecified atom stereocenters. The Bertz CT molecular complexity index is 663. The standard InChI is InChI=1S/C15H21BrN4OS/c1-5-7-9-10(6-2)22-15(17-9)18-14(21)13-11(16)12(8(3)4)19-20-13/h8H,5-7H2,1-4H3,(H,19,20)(H,17,18,21). The number of aromatic nitrogens is 3. The molecule has 5 nitrogen and oxygen atoms in total. The number of amides is 1. The molecule has 0 saturated heterocycles. The van der Waals surface area contributed by atoms with Crippen molar-refractivity contribution in [2.24, 2.45) is 0 Å². The molecule has 1 amide bonds. The molecule has 0 spiro atoms. The normalized spacial score (nSPS) is 11.2. The summed E-state index contributed by atoms with van der Waals surface area (Å²) in [6.07, 6.45) is 2.93. The predicted octanol–water partition coefficient (Wildman–Crippen LogP) is 4.52. The van der Waals surface area contributed by atoms with Crippen LogP contribution in [0.3, 0.4) is 0 Å². The number of nitrogens with one attached hydrogen (secondary N) is 2. The second kappa shape index (κ2) is 7.37. The van der Waals surface area contributed by atoms with E-state index in [0.717, 1.165) is 35.1 Å². The Morgan fingerprint density at radius 1 is 1.41 bits per heavy atom. The highest BCUT2D eigenvalue weighted by atomic mass is 79.9. The Morgan fingerprint density at radius 2 is 2.14 bits per heavy atom. The van der Waals surface area contributed by atoms with E-state index in [-0.39, 0.29) is 11.8 Å². The number of nitrogens with zero attached hydrogens (tertiary/aromatic N) is 2. The summed E-state index contributed by atoms with van der Waals surface area (Å²) in [5, 5.41) is 10.5. The summed E-state index contributed by atoms with van der Waals surface area (Å²) in [7, 11) is 0. The molecule has 22 heavy (non-hydrogen) atoms. The van der Waals surface area contributed by atoms with Gasteiger partial charge in [-0.2, -0.15) is 5.10 Å². The lowest BCUT2D eigenvalue weighted by atomic mass is 10.1. The lowest BCUT2D eigenvalue weighted by Crippen LogP contribution is -2.13. The Labute approximate surface area is 143 Å². The number of rotatable bonds is 6. The minimum Gasteiger partial charge on any atom is -0.296 e. The van der Waals surface area contributed by atoms with Crippen molar-refractivity contribution in [1.82, 2.24) is 15.2 Å². The molecule has 0 aliphatic carbocycles. The van der Waals surface area contributed by atoms with Crippen molar-refractivity contribution >= 4 is 38.3 Å². The van der Waals surface area contributed by atoms with Crippen LogP contribution in [0, 0.1) is 0 Å². The van der Waals surface area contributed by atoms with Gasteiger partial charge in [0.25, 0.3) is 5.91 Å². The quantitative estimate of drug-likeness (QED) is 0.768. The van der Waals surface area contributed by atoms with E-state index in [1.165, 1.54) is 4.88 Å². The maximum Gasteiger partial charge on any atom is 0.279 e. The summed E-state index contributed by atoms with van der Waals surface area (Å²) in [6, 6.07) is 0. The lowest BCUT2D eigenvalue weighted by molar-refractivity contribution is 0.102. The number of hydrogen-bond acceptors (Lipinski definition) is 4. The van der Waals surface area contributed by atoms with Crippen LogP contribution in [0.2, 0.25) is 0 Å². The van der Waals surface area contributed by atoms with E-state index in [1.807, 2.05) is 13.8 Å². The number of halogens is 1. The molecule has 0 atom stereocenters. The number of hydrogen-bond donors (Lipinski definition) is 2. The monoisotopic (exact) mass is 384 g/mol. The Balaban J connectivity index is 2.18. The van der Waals surface area contributed by atoms with Crippen LogP contribution >= 0.6 is 27.3 Å². The average Bonchev–Trinajstić information content (AvgIpc) is 3.02. The minimum atomic E-state index is -0.241. The van der Waals surface area contributed by atoms with E-state index in [2.05, 4.69) is 50.3 Å². The minimum absolute atomic E-state index is 0.241. The summed E-state index contributed by atoms with van der Waals surface area (Å²) in [4.78, 5) is 18.2. The topological polar surface area (TPSA) is 70.7 Å². The van der Waals surface area contributed by atoms with E-state index < -0.39 is 0 Å². The fourth-order valence-corrected chi connectivity index (χ4v) is 3.93. The summed E-state index contributed by atoms with van der Waals surface area (Å²) >= 11 is 5.00. The first-order valence-corrected chi connectivity index (χ1v) is 9.12. The molecule has 2 N–H and O–H groups in total. The first kappa shape index (κ1) is 17.1.